The van der Waals surface area contributed by atoms with Crippen LogP contribution in [0.15, 0.2) is 59.8 Å². The summed E-state index contributed by atoms with van der Waals surface area (Å²) < 4.78 is 24.5. The summed E-state index contributed by atoms with van der Waals surface area (Å²) in [5.74, 6) is 1.37. The molecule has 0 unspecified atom stereocenters. The minimum absolute atomic E-state index is 0.0931. The number of benzene rings is 1. The van der Waals surface area contributed by atoms with Gasteiger partial charge in [-0.15, -0.1) is 0 Å². The van der Waals surface area contributed by atoms with Gasteiger partial charge in [0, 0.05) is 12.7 Å². The minimum Gasteiger partial charge on any atom is -0.366 e. The second kappa shape index (κ2) is 6.42. The number of pyridine rings is 1. The number of sulfonamides is 1. The van der Waals surface area contributed by atoms with Gasteiger partial charge in [0.25, 0.3) is 0 Å². The molecule has 2 heterocycles. The van der Waals surface area contributed by atoms with E-state index in [9.17, 15) is 8.42 Å². The van der Waals surface area contributed by atoms with E-state index in [1.165, 1.54) is 6.07 Å². The number of aryl methyl sites for hydroxylation is 1. The van der Waals surface area contributed by atoms with E-state index in [0.29, 0.717) is 18.2 Å². The molecule has 8 heteroatoms. The predicted molar refractivity (Wildman–Crippen MR) is 91.2 cm³/mol. The first-order valence-electron chi connectivity index (χ1n) is 7.26. The highest BCUT2D eigenvalue weighted by Gasteiger charge is 2.08. The summed E-state index contributed by atoms with van der Waals surface area (Å²) in [6.45, 7) is 2.39. The molecule has 0 amide bonds. The van der Waals surface area contributed by atoms with Gasteiger partial charge in [-0.1, -0.05) is 18.2 Å². The molecule has 0 saturated carbocycles. The molecule has 1 aromatic carbocycles. The SMILES string of the molecule is Cc1cnn(-c2cccc(NCc3cccc(S(N)(=O)=O)c3)n2)c1. The second-order valence-electron chi connectivity index (χ2n) is 5.39. The van der Waals surface area contributed by atoms with E-state index in [1.807, 2.05) is 37.4 Å². The Balaban J connectivity index is 1.76. The van der Waals surface area contributed by atoms with Gasteiger partial charge >= 0.3 is 0 Å². The molecule has 0 fully saturated rings. The van der Waals surface area contributed by atoms with Crippen LogP contribution in [0.2, 0.25) is 0 Å². The van der Waals surface area contributed by atoms with Crippen LogP contribution >= 0.6 is 0 Å². The third kappa shape index (κ3) is 3.79. The minimum atomic E-state index is -3.70. The number of anilines is 1. The lowest BCUT2D eigenvalue weighted by molar-refractivity contribution is 0.597. The van der Waals surface area contributed by atoms with Crippen LogP contribution < -0.4 is 10.5 Å². The molecule has 0 bridgehead atoms. The molecule has 0 aliphatic rings. The Morgan fingerprint density at radius 3 is 2.71 bits per heavy atom. The lowest BCUT2D eigenvalue weighted by atomic mass is 10.2. The van der Waals surface area contributed by atoms with Crippen LogP contribution in [-0.2, 0) is 16.6 Å². The van der Waals surface area contributed by atoms with Gasteiger partial charge in [-0.25, -0.2) is 23.2 Å². The average Bonchev–Trinajstić information content (AvgIpc) is 2.99. The van der Waals surface area contributed by atoms with Gasteiger partial charge in [0.05, 0.1) is 11.1 Å². The van der Waals surface area contributed by atoms with Gasteiger partial charge in [-0.05, 0) is 42.3 Å². The molecule has 7 nitrogen and oxygen atoms in total. The largest absolute Gasteiger partial charge is 0.366 e. The monoisotopic (exact) mass is 343 g/mol. The molecule has 2 aromatic heterocycles. The highest BCUT2D eigenvalue weighted by atomic mass is 32.2. The molecule has 0 spiro atoms. The van der Waals surface area contributed by atoms with Crippen molar-refractivity contribution in [3.8, 4) is 5.82 Å². The van der Waals surface area contributed by atoms with E-state index >= 15 is 0 Å². The summed E-state index contributed by atoms with van der Waals surface area (Å²) in [7, 11) is -3.70. The number of hydrogen-bond donors (Lipinski definition) is 2. The average molecular weight is 343 g/mol. The molecule has 3 N–H and O–H groups in total. The van der Waals surface area contributed by atoms with Gasteiger partial charge in [0.15, 0.2) is 5.82 Å². The maximum atomic E-state index is 11.4. The summed E-state index contributed by atoms with van der Waals surface area (Å²) in [6, 6.07) is 12.1. The quantitative estimate of drug-likeness (QED) is 0.736. The number of nitrogens with zero attached hydrogens (tertiary/aromatic N) is 3. The molecule has 3 aromatic rings. The molecule has 0 aliphatic heterocycles. The molecular weight excluding hydrogens is 326 g/mol. The van der Waals surface area contributed by atoms with Crippen LogP contribution in [0.25, 0.3) is 5.82 Å². The fraction of sp³-hybridized carbons (Fsp3) is 0.125. The third-order valence-electron chi connectivity index (χ3n) is 3.38. The van der Waals surface area contributed by atoms with Crippen LogP contribution in [0.5, 0.6) is 0 Å². The topological polar surface area (TPSA) is 103 Å². The summed E-state index contributed by atoms with van der Waals surface area (Å²) in [5.41, 5.74) is 1.85. The molecule has 0 saturated heterocycles. The van der Waals surface area contributed by atoms with Gasteiger partial charge in [0.1, 0.15) is 5.82 Å². The Morgan fingerprint density at radius 1 is 1.21 bits per heavy atom. The number of aromatic nitrogens is 3. The van der Waals surface area contributed by atoms with Gasteiger partial charge in [-0.3, -0.25) is 0 Å². The zero-order chi connectivity index (χ0) is 17.2. The van der Waals surface area contributed by atoms with E-state index in [2.05, 4.69) is 15.4 Å². The van der Waals surface area contributed by atoms with E-state index in [1.54, 1.807) is 23.0 Å². The zero-order valence-electron chi connectivity index (χ0n) is 13.0. The number of nitrogens with one attached hydrogen (secondary N) is 1. The zero-order valence-corrected chi connectivity index (χ0v) is 13.9. The van der Waals surface area contributed by atoms with Gasteiger partial charge in [0.2, 0.25) is 10.0 Å². The van der Waals surface area contributed by atoms with Crippen molar-refractivity contribution in [3.63, 3.8) is 0 Å². The van der Waals surface area contributed by atoms with Crippen LogP contribution in [0, 0.1) is 6.92 Å². The summed E-state index contributed by atoms with van der Waals surface area (Å²) in [4.78, 5) is 4.58. The van der Waals surface area contributed by atoms with Crippen molar-refractivity contribution >= 4 is 15.8 Å². The predicted octanol–water partition coefficient (Wildman–Crippen LogP) is 1.84. The molecule has 0 atom stereocenters. The number of primary sulfonamides is 1. The Hall–Kier alpha value is -2.71. The normalized spacial score (nSPS) is 11.4. The van der Waals surface area contributed by atoms with Crippen LogP contribution in [-0.4, -0.2) is 23.2 Å². The number of hydrogen-bond acceptors (Lipinski definition) is 5. The number of rotatable bonds is 5. The van der Waals surface area contributed by atoms with Crippen molar-refractivity contribution in [2.45, 2.75) is 18.4 Å². The summed E-state index contributed by atoms with van der Waals surface area (Å²) in [5, 5.41) is 12.5. The molecule has 24 heavy (non-hydrogen) atoms. The van der Waals surface area contributed by atoms with E-state index in [4.69, 9.17) is 5.14 Å². The van der Waals surface area contributed by atoms with Crippen molar-refractivity contribution in [1.29, 1.82) is 0 Å². The first kappa shape index (κ1) is 16.2. The van der Waals surface area contributed by atoms with Crippen molar-refractivity contribution in [2.24, 2.45) is 5.14 Å². The van der Waals surface area contributed by atoms with Crippen molar-refractivity contribution in [2.75, 3.05) is 5.32 Å². The summed E-state index contributed by atoms with van der Waals surface area (Å²) >= 11 is 0. The summed E-state index contributed by atoms with van der Waals surface area (Å²) in [6.07, 6.45) is 3.65. The Bertz CT molecular complexity index is 966. The van der Waals surface area contributed by atoms with Crippen molar-refractivity contribution in [1.82, 2.24) is 14.8 Å². The smallest absolute Gasteiger partial charge is 0.238 e. The number of nitrogens with two attached hydrogens (primary N) is 1. The Morgan fingerprint density at radius 2 is 2.00 bits per heavy atom. The molecule has 0 aliphatic carbocycles. The first-order chi connectivity index (χ1) is 11.4. The lowest BCUT2D eigenvalue weighted by Gasteiger charge is -2.08. The van der Waals surface area contributed by atoms with Gasteiger partial charge < -0.3 is 5.32 Å². The van der Waals surface area contributed by atoms with Crippen molar-refractivity contribution in [3.05, 3.63) is 66.0 Å². The van der Waals surface area contributed by atoms with Crippen LogP contribution in [0.3, 0.4) is 0 Å². The Kier molecular flexibility index (Phi) is 4.32. The Labute approximate surface area is 140 Å². The fourth-order valence-corrected chi connectivity index (χ4v) is 2.80. The maximum Gasteiger partial charge on any atom is 0.238 e. The standard InChI is InChI=1S/C16H17N5O2S/c1-12-9-19-21(11-12)16-7-3-6-15(20-16)18-10-13-4-2-5-14(8-13)24(17,22)23/h2-9,11H,10H2,1H3,(H,18,20)(H2,17,22,23). The highest BCUT2D eigenvalue weighted by molar-refractivity contribution is 7.89. The van der Waals surface area contributed by atoms with Crippen LogP contribution in [0.4, 0.5) is 5.82 Å². The molecule has 124 valence electrons. The second-order valence-corrected chi connectivity index (χ2v) is 6.95. The lowest BCUT2D eigenvalue weighted by Crippen LogP contribution is -2.12. The fourth-order valence-electron chi connectivity index (χ4n) is 2.21. The van der Waals surface area contributed by atoms with E-state index < -0.39 is 10.0 Å². The van der Waals surface area contributed by atoms with E-state index in [0.717, 1.165) is 11.1 Å². The van der Waals surface area contributed by atoms with Gasteiger partial charge in [-0.2, -0.15) is 5.10 Å². The molecular formula is C16H17N5O2S. The maximum absolute atomic E-state index is 11.4. The molecule has 0 radical (unpaired) electrons. The van der Waals surface area contributed by atoms with Crippen molar-refractivity contribution < 1.29 is 8.42 Å². The first-order valence-corrected chi connectivity index (χ1v) is 8.81. The molecule has 3 rings (SSSR count). The van der Waals surface area contributed by atoms with E-state index in [-0.39, 0.29) is 4.90 Å². The third-order valence-corrected chi connectivity index (χ3v) is 4.29. The highest BCUT2D eigenvalue weighted by Crippen LogP contribution is 2.13. The van der Waals surface area contributed by atoms with Crippen LogP contribution in [0.1, 0.15) is 11.1 Å².